The Bertz CT molecular complexity index is 683. The molecule has 0 heterocycles. The van der Waals surface area contributed by atoms with Crippen LogP contribution in [0.3, 0.4) is 0 Å². The second-order valence-electron chi connectivity index (χ2n) is 4.05. The molecule has 0 saturated heterocycles. The van der Waals surface area contributed by atoms with E-state index in [4.69, 9.17) is 21.3 Å². The monoisotopic (exact) mass is 272 g/mol. The summed E-state index contributed by atoms with van der Waals surface area (Å²) < 4.78 is 5.49. The molecule has 0 radical (unpaired) electrons. The molecule has 0 atom stereocenters. The number of ether oxygens (including phenoxy) is 1. The summed E-state index contributed by atoms with van der Waals surface area (Å²) in [6.45, 7) is 0. The second kappa shape index (κ2) is 5.31. The fraction of sp³-hybridized carbons (Fsp3) is 0. The number of rotatable bonds is 4. The molecular weight excluding hydrogens is 260 g/mol. The number of carboxylic acids is 1. The van der Waals surface area contributed by atoms with E-state index in [2.05, 4.69) is 0 Å². The zero-order valence-corrected chi connectivity index (χ0v) is 10.4. The molecule has 6 nitrogen and oxygen atoms in total. The molecule has 0 unspecified atom stereocenters. The van der Waals surface area contributed by atoms with E-state index < -0.39 is 11.9 Å². The molecule has 5 N–H and O–H groups in total. The van der Waals surface area contributed by atoms with E-state index in [9.17, 15) is 9.59 Å². The summed E-state index contributed by atoms with van der Waals surface area (Å²) in [5.74, 6) is -1.12. The number of anilines is 1. The predicted molar refractivity (Wildman–Crippen MR) is 72.8 cm³/mol. The first-order valence-electron chi connectivity index (χ1n) is 5.68. The number of nitrogens with two attached hydrogens (primary N) is 2. The van der Waals surface area contributed by atoms with Crippen LogP contribution in [0, 0.1) is 0 Å². The van der Waals surface area contributed by atoms with Crippen LogP contribution in [0.15, 0.2) is 42.5 Å². The highest BCUT2D eigenvalue weighted by Gasteiger charge is 2.09. The van der Waals surface area contributed by atoms with Gasteiger partial charge in [0.25, 0.3) is 0 Å². The Morgan fingerprint density at radius 3 is 2.45 bits per heavy atom. The van der Waals surface area contributed by atoms with Crippen LogP contribution >= 0.6 is 0 Å². The van der Waals surface area contributed by atoms with Gasteiger partial charge in [-0.25, -0.2) is 4.79 Å². The fourth-order valence-electron chi connectivity index (χ4n) is 1.60. The lowest BCUT2D eigenvalue weighted by atomic mass is 10.2. The largest absolute Gasteiger partial charge is 0.478 e. The molecule has 0 saturated carbocycles. The number of primary amides is 1. The van der Waals surface area contributed by atoms with Gasteiger partial charge in [0.1, 0.15) is 5.75 Å². The van der Waals surface area contributed by atoms with Crippen molar-refractivity contribution in [3.8, 4) is 11.5 Å². The molecule has 0 spiro atoms. The Morgan fingerprint density at radius 2 is 1.80 bits per heavy atom. The van der Waals surface area contributed by atoms with Crippen molar-refractivity contribution < 1.29 is 19.4 Å². The highest BCUT2D eigenvalue weighted by Crippen LogP contribution is 2.28. The third kappa shape index (κ3) is 2.86. The van der Waals surface area contributed by atoms with Gasteiger partial charge in [0.15, 0.2) is 5.75 Å². The van der Waals surface area contributed by atoms with Crippen LogP contribution in [0.2, 0.25) is 0 Å². The molecule has 0 aromatic heterocycles. The Balaban J connectivity index is 2.34. The Hall–Kier alpha value is -3.02. The van der Waals surface area contributed by atoms with E-state index in [1.54, 1.807) is 18.2 Å². The fourth-order valence-corrected chi connectivity index (χ4v) is 1.60. The summed E-state index contributed by atoms with van der Waals surface area (Å²) in [6.07, 6.45) is 0. The molecule has 6 heteroatoms. The van der Waals surface area contributed by atoms with Crippen molar-refractivity contribution >= 4 is 17.6 Å². The number of nitrogen functional groups attached to an aromatic ring is 1. The van der Waals surface area contributed by atoms with Crippen LogP contribution in [-0.2, 0) is 0 Å². The number of aromatic carboxylic acids is 1. The van der Waals surface area contributed by atoms with Crippen LogP contribution in [0.25, 0.3) is 0 Å². The molecule has 2 aromatic rings. The zero-order valence-electron chi connectivity index (χ0n) is 10.4. The van der Waals surface area contributed by atoms with Gasteiger partial charge in [0, 0.05) is 5.56 Å². The normalized spacial score (nSPS) is 10.0. The SMILES string of the molecule is NC(=O)c1cccc(Oc2cc(C(=O)O)ccc2N)c1. The van der Waals surface area contributed by atoms with Crippen molar-refractivity contribution in [1.82, 2.24) is 0 Å². The molecule has 0 aliphatic carbocycles. The van der Waals surface area contributed by atoms with Gasteiger partial charge in [0.2, 0.25) is 5.91 Å². The summed E-state index contributed by atoms with van der Waals surface area (Å²) in [5.41, 5.74) is 11.5. The smallest absolute Gasteiger partial charge is 0.335 e. The lowest BCUT2D eigenvalue weighted by Crippen LogP contribution is -2.10. The maximum Gasteiger partial charge on any atom is 0.335 e. The quantitative estimate of drug-likeness (QED) is 0.734. The Morgan fingerprint density at radius 1 is 1.05 bits per heavy atom. The highest BCUT2D eigenvalue weighted by atomic mass is 16.5. The number of carboxylic acid groups (broad SMARTS) is 1. The third-order valence-electron chi connectivity index (χ3n) is 2.61. The summed E-state index contributed by atoms with van der Waals surface area (Å²) in [5, 5.41) is 8.93. The summed E-state index contributed by atoms with van der Waals surface area (Å²) in [6, 6.07) is 10.4. The van der Waals surface area contributed by atoms with Crippen LogP contribution in [0.4, 0.5) is 5.69 Å². The summed E-state index contributed by atoms with van der Waals surface area (Å²) in [7, 11) is 0. The van der Waals surface area contributed by atoms with Crippen molar-refractivity contribution in [3.05, 3.63) is 53.6 Å². The number of carbonyl (C=O) groups is 2. The molecule has 0 bridgehead atoms. The third-order valence-corrected chi connectivity index (χ3v) is 2.61. The van der Waals surface area contributed by atoms with Gasteiger partial charge in [-0.2, -0.15) is 0 Å². The molecule has 1 amide bonds. The van der Waals surface area contributed by atoms with Gasteiger partial charge < -0.3 is 21.3 Å². The van der Waals surface area contributed by atoms with Gasteiger partial charge in [-0.3, -0.25) is 4.79 Å². The van der Waals surface area contributed by atoms with E-state index in [0.717, 1.165) is 0 Å². The Kier molecular flexibility index (Phi) is 3.56. The van der Waals surface area contributed by atoms with Crippen molar-refractivity contribution in [2.24, 2.45) is 5.73 Å². The summed E-state index contributed by atoms with van der Waals surface area (Å²) >= 11 is 0. The highest BCUT2D eigenvalue weighted by molar-refractivity contribution is 5.93. The minimum Gasteiger partial charge on any atom is -0.478 e. The average Bonchev–Trinajstić information content (AvgIpc) is 2.41. The van der Waals surface area contributed by atoms with Gasteiger partial charge in [-0.15, -0.1) is 0 Å². The number of benzene rings is 2. The molecule has 0 fully saturated rings. The van der Waals surface area contributed by atoms with E-state index in [1.807, 2.05) is 0 Å². The summed E-state index contributed by atoms with van der Waals surface area (Å²) in [4.78, 5) is 22.0. The van der Waals surface area contributed by atoms with Gasteiger partial charge >= 0.3 is 5.97 Å². The lowest BCUT2D eigenvalue weighted by Gasteiger charge is -2.09. The topological polar surface area (TPSA) is 116 Å². The minimum atomic E-state index is -1.08. The van der Waals surface area contributed by atoms with Crippen LogP contribution in [-0.4, -0.2) is 17.0 Å². The average molecular weight is 272 g/mol. The molecule has 2 rings (SSSR count). The van der Waals surface area contributed by atoms with E-state index >= 15 is 0 Å². The van der Waals surface area contributed by atoms with Crippen molar-refractivity contribution in [3.63, 3.8) is 0 Å². The second-order valence-corrected chi connectivity index (χ2v) is 4.05. The number of hydrogen-bond donors (Lipinski definition) is 3. The minimum absolute atomic E-state index is 0.0558. The Labute approximate surface area is 114 Å². The molecule has 20 heavy (non-hydrogen) atoms. The van der Waals surface area contributed by atoms with E-state index in [1.165, 1.54) is 24.3 Å². The standard InChI is InChI=1S/C14H12N2O4/c15-11-5-4-9(14(18)19)7-12(11)20-10-3-1-2-8(6-10)13(16)17/h1-7H,15H2,(H2,16,17)(H,18,19). The van der Waals surface area contributed by atoms with Crippen LogP contribution in [0.1, 0.15) is 20.7 Å². The van der Waals surface area contributed by atoms with Gasteiger partial charge in [0.05, 0.1) is 11.3 Å². The van der Waals surface area contributed by atoms with E-state index in [0.29, 0.717) is 11.4 Å². The van der Waals surface area contributed by atoms with Crippen molar-refractivity contribution in [2.75, 3.05) is 5.73 Å². The van der Waals surface area contributed by atoms with Gasteiger partial charge in [-0.1, -0.05) is 6.07 Å². The molecule has 0 aliphatic heterocycles. The van der Waals surface area contributed by atoms with Crippen molar-refractivity contribution in [1.29, 1.82) is 0 Å². The lowest BCUT2D eigenvalue weighted by molar-refractivity contribution is 0.0696. The first kappa shape index (κ1) is 13.4. The van der Waals surface area contributed by atoms with Crippen LogP contribution < -0.4 is 16.2 Å². The van der Waals surface area contributed by atoms with Gasteiger partial charge in [-0.05, 0) is 36.4 Å². The maximum atomic E-state index is 11.1. The number of hydrogen-bond acceptors (Lipinski definition) is 4. The first-order valence-corrected chi connectivity index (χ1v) is 5.68. The molecular formula is C14H12N2O4. The number of amides is 1. The van der Waals surface area contributed by atoms with E-state index in [-0.39, 0.29) is 16.9 Å². The number of carbonyl (C=O) groups excluding carboxylic acids is 1. The molecule has 0 aliphatic rings. The first-order chi connectivity index (χ1) is 9.47. The molecule has 102 valence electrons. The molecule has 2 aromatic carbocycles. The maximum absolute atomic E-state index is 11.1. The zero-order chi connectivity index (χ0) is 14.7. The van der Waals surface area contributed by atoms with Crippen molar-refractivity contribution in [2.45, 2.75) is 0 Å². The predicted octanol–water partition coefficient (Wildman–Crippen LogP) is 1.86. The van der Waals surface area contributed by atoms with Crippen LogP contribution in [0.5, 0.6) is 11.5 Å².